The van der Waals surface area contributed by atoms with Crippen molar-refractivity contribution >= 4 is 0 Å². The molecule has 2 aromatic rings. The van der Waals surface area contributed by atoms with Gasteiger partial charge in [0.2, 0.25) is 0 Å². The standard InChI is InChI=1S/C16H21N3O2/c1-21-16-6-5-12(9-15(16)20)10-18-13-3-2-4-14(13)19-8-7-17-11-19/h5-9,11,13-14,18,20H,2-4,10H2,1H3. The van der Waals surface area contributed by atoms with E-state index in [1.807, 2.05) is 24.8 Å². The highest BCUT2D eigenvalue weighted by atomic mass is 16.5. The average Bonchev–Trinajstić information content (AvgIpc) is 3.16. The van der Waals surface area contributed by atoms with Crippen molar-refractivity contribution in [2.75, 3.05) is 7.11 Å². The van der Waals surface area contributed by atoms with Gasteiger partial charge in [0, 0.05) is 31.0 Å². The molecule has 0 bridgehead atoms. The molecule has 5 nitrogen and oxygen atoms in total. The molecule has 2 atom stereocenters. The maximum atomic E-state index is 9.82. The Morgan fingerprint density at radius 1 is 1.43 bits per heavy atom. The van der Waals surface area contributed by atoms with Gasteiger partial charge in [0.05, 0.1) is 13.4 Å². The first-order valence-corrected chi connectivity index (χ1v) is 7.34. The summed E-state index contributed by atoms with van der Waals surface area (Å²) in [6, 6.07) is 6.46. The molecule has 0 saturated heterocycles. The van der Waals surface area contributed by atoms with Crippen LogP contribution in [0.3, 0.4) is 0 Å². The molecule has 3 rings (SSSR count). The summed E-state index contributed by atoms with van der Waals surface area (Å²) in [6.07, 6.45) is 9.34. The molecule has 1 fully saturated rings. The molecule has 0 aliphatic heterocycles. The normalized spacial score (nSPS) is 21.6. The Morgan fingerprint density at radius 3 is 3.05 bits per heavy atom. The third-order valence-corrected chi connectivity index (χ3v) is 4.20. The van der Waals surface area contributed by atoms with E-state index in [2.05, 4.69) is 14.9 Å². The Labute approximate surface area is 124 Å². The van der Waals surface area contributed by atoms with E-state index in [4.69, 9.17) is 4.74 Å². The van der Waals surface area contributed by atoms with Crippen LogP contribution in [-0.2, 0) is 6.54 Å². The first kappa shape index (κ1) is 13.9. The topological polar surface area (TPSA) is 59.3 Å². The second-order valence-electron chi connectivity index (χ2n) is 5.50. The fourth-order valence-electron chi connectivity index (χ4n) is 3.10. The summed E-state index contributed by atoms with van der Waals surface area (Å²) in [7, 11) is 1.56. The van der Waals surface area contributed by atoms with Gasteiger partial charge in [-0.05, 0) is 37.0 Å². The summed E-state index contributed by atoms with van der Waals surface area (Å²) in [5.74, 6) is 0.699. The van der Waals surface area contributed by atoms with Gasteiger partial charge in [-0.25, -0.2) is 4.98 Å². The quantitative estimate of drug-likeness (QED) is 0.887. The van der Waals surface area contributed by atoms with E-state index in [9.17, 15) is 5.11 Å². The van der Waals surface area contributed by atoms with E-state index >= 15 is 0 Å². The number of imidazole rings is 1. The van der Waals surface area contributed by atoms with Crippen LogP contribution in [0.25, 0.3) is 0 Å². The molecule has 1 aromatic heterocycles. The van der Waals surface area contributed by atoms with Gasteiger partial charge in [-0.15, -0.1) is 0 Å². The van der Waals surface area contributed by atoms with E-state index in [0.717, 1.165) is 12.1 Å². The number of nitrogens with zero attached hydrogens (tertiary/aromatic N) is 2. The van der Waals surface area contributed by atoms with Crippen LogP contribution in [0.15, 0.2) is 36.9 Å². The van der Waals surface area contributed by atoms with E-state index in [1.165, 1.54) is 19.3 Å². The molecule has 21 heavy (non-hydrogen) atoms. The maximum absolute atomic E-state index is 9.82. The molecule has 1 aliphatic carbocycles. The van der Waals surface area contributed by atoms with E-state index in [-0.39, 0.29) is 5.75 Å². The molecule has 0 radical (unpaired) electrons. The van der Waals surface area contributed by atoms with Crippen molar-refractivity contribution in [2.45, 2.75) is 37.9 Å². The number of ether oxygens (including phenoxy) is 1. The van der Waals surface area contributed by atoms with Crippen molar-refractivity contribution in [1.82, 2.24) is 14.9 Å². The predicted octanol–water partition coefficient (Wildman–Crippen LogP) is 2.48. The monoisotopic (exact) mass is 287 g/mol. The Morgan fingerprint density at radius 2 is 2.33 bits per heavy atom. The molecule has 1 heterocycles. The third kappa shape index (κ3) is 3.03. The molecule has 2 N–H and O–H groups in total. The first-order chi connectivity index (χ1) is 10.3. The molecule has 112 valence electrons. The van der Waals surface area contributed by atoms with Crippen LogP contribution in [0, 0.1) is 0 Å². The van der Waals surface area contributed by atoms with Gasteiger partial charge in [0.15, 0.2) is 11.5 Å². The third-order valence-electron chi connectivity index (χ3n) is 4.20. The van der Waals surface area contributed by atoms with Gasteiger partial charge in [0.25, 0.3) is 0 Å². The Hall–Kier alpha value is -2.01. The van der Waals surface area contributed by atoms with Crippen LogP contribution < -0.4 is 10.1 Å². The summed E-state index contributed by atoms with van der Waals surface area (Å²) >= 11 is 0. The van der Waals surface area contributed by atoms with Crippen molar-refractivity contribution < 1.29 is 9.84 Å². The molecule has 0 spiro atoms. The summed E-state index contributed by atoms with van der Waals surface area (Å²) in [5.41, 5.74) is 1.06. The molecule has 0 amide bonds. The number of methoxy groups -OCH3 is 1. The summed E-state index contributed by atoms with van der Waals surface area (Å²) in [6.45, 7) is 0.743. The Balaban J connectivity index is 1.63. The highest BCUT2D eigenvalue weighted by Gasteiger charge is 2.27. The number of hydrogen-bond acceptors (Lipinski definition) is 4. The van der Waals surface area contributed by atoms with Crippen molar-refractivity contribution in [1.29, 1.82) is 0 Å². The van der Waals surface area contributed by atoms with Gasteiger partial charge in [-0.3, -0.25) is 0 Å². The lowest BCUT2D eigenvalue weighted by atomic mass is 10.1. The number of rotatable bonds is 5. The van der Waals surface area contributed by atoms with Gasteiger partial charge in [-0.1, -0.05) is 6.07 Å². The minimum atomic E-state index is 0.189. The van der Waals surface area contributed by atoms with E-state index in [1.54, 1.807) is 19.2 Å². The van der Waals surface area contributed by atoms with Gasteiger partial charge in [0.1, 0.15) is 0 Å². The van der Waals surface area contributed by atoms with Gasteiger partial charge in [-0.2, -0.15) is 0 Å². The van der Waals surface area contributed by atoms with Crippen molar-refractivity contribution in [3.8, 4) is 11.5 Å². The highest BCUT2D eigenvalue weighted by Crippen LogP contribution is 2.31. The second-order valence-corrected chi connectivity index (χ2v) is 5.50. The fraction of sp³-hybridized carbons (Fsp3) is 0.438. The Bertz CT molecular complexity index is 583. The number of phenols is 1. The minimum absolute atomic E-state index is 0.189. The van der Waals surface area contributed by atoms with Crippen molar-refractivity contribution in [3.05, 3.63) is 42.5 Å². The van der Waals surface area contributed by atoms with Crippen LogP contribution in [0.1, 0.15) is 30.9 Å². The second kappa shape index (κ2) is 6.18. The minimum Gasteiger partial charge on any atom is -0.504 e. The predicted molar refractivity (Wildman–Crippen MR) is 80.4 cm³/mol. The zero-order valence-electron chi connectivity index (χ0n) is 12.2. The zero-order valence-corrected chi connectivity index (χ0v) is 12.2. The van der Waals surface area contributed by atoms with Crippen LogP contribution in [0.5, 0.6) is 11.5 Å². The zero-order chi connectivity index (χ0) is 14.7. The largest absolute Gasteiger partial charge is 0.504 e. The van der Waals surface area contributed by atoms with E-state index < -0.39 is 0 Å². The average molecular weight is 287 g/mol. The lowest BCUT2D eigenvalue weighted by Gasteiger charge is -2.22. The number of benzene rings is 1. The SMILES string of the molecule is COc1ccc(CNC2CCCC2n2ccnc2)cc1O. The van der Waals surface area contributed by atoms with Gasteiger partial charge < -0.3 is 19.7 Å². The van der Waals surface area contributed by atoms with Crippen LogP contribution in [-0.4, -0.2) is 27.8 Å². The summed E-state index contributed by atoms with van der Waals surface area (Å²) in [4.78, 5) is 4.14. The highest BCUT2D eigenvalue weighted by molar-refractivity contribution is 5.41. The first-order valence-electron chi connectivity index (χ1n) is 7.34. The molecule has 5 heteroatoms. The summed E-state index contributed by atoms with van der Waals surface area (Å²) < 4.78 is 7.25. The van der Waals surface area contributed by atoms with Gasteiger partial charge >= 0.3 is 0 Å². The molecule has 2 unspecified atom stereocenters. The number of phenolic OH excluding ortho intramolecular Hbond substituents is 1. The van der Waals surface area contributed by atoms with Crippen LogP contribution in [0.2, 0.25) is 0 Å². The lowest BCUT2D eigenvalue weighted by Crippen LogP contribution is -2.33. The van der Waals surface area contributed by atoms with Crippen molar-refractivity contribution in [2.24, 2.45) is 0 Å². The molecule has 1 aliphatic rings. The van der Waals surface area contributed by atoms with Crippen molar-refractivity contribution in [3.63, 3.8) is 0 Å². The number of nitrogens with one attached hydrogen (secondary N) is 1. The van der Waals surface area contributed by atoms with Crippen LogP contribution in [0.4, 0.5) is 0 Å². The fourth-order valence-corrected chi connectivity index (χ4v) is 3.10. The van der Waals surface area contributed by atoms with E-state index in [0.29, 0.717) is 17.8 Å². The number of aromatic nitrogens is 2. The number of aromatic hydroxyl groups is 1. The Kier molecular flexibility index (Phi) is 4.10. The molecular formula is C16H21N3O2. The molecule has 1 saturated carbocycles. The molecular weight excluding hydrogens is 266 g/mol. The summed E-state index contributed by atoms with van der Waals surface area (Å²) in [5, 5.41) is 13.4. The number of hydrogen-bond donors (Lipinski definition) is 2. The maximum Gasteiger partial charge on any atom is 0.160 e. The lowest BCUT2D eigenvalue weighted by molar-refractivity contribution is 0.371. The smallest absolute Gasteiger partial charge is 0.160 e. The molecule has 1 aromatic carbocycles. The van der Waals surface area contributed by atoms with Crippen LogP contribution >= 0.6 is 0 Å².